The Morgan fingerprint density at radius 3 is 2.70 bits per heavy atom. The van der Waals surface area contributed by atoms with Crippen LogP contribution in [0.1, 0.15) is 6.42 Å². The first-order valence-electron chi connectivity index (χ1n) is 7.00. The molecule has 0 fully saturated rings. The molecule has 0 aliphatic heterocycles. The van der Waals surface area contributed by atoms with Crippen molar-refractivity contribution in [3.05, 3.63) is 30.3 Å². The van der Waals surface area contributed by atoms with E-state index in [4.69, 9.17) is 0 Å². The van der Waals surface area contributed by atoms with Gasteiger partial charge in [0.1, 0.15) is 0 Å². The van der Waals surface area contributed by atoms with E-state index in [-0.39, 0.29) is 5.91 Å². The second-order valence-corrected chi connectivity index (χ2v) is 5.87. The van der Waals surface area contributed by atoms with E-state index in [9.17, 15) is 4.79 Å². The Hall–Kier alpha value is -1.04. The number of hydrogen-bond donors (Lipinski definition) is 2. The fraction of sp³-hybridized carbons (Fsp3) is 0.533. The summed E-state index contributed by atoms with van der Waals surface area (Å²) >= 11 is 1.76. The number of likely N-dealkylation sites (N-methyl/N-ethyl adjacent to an activating group) is 1. The van der Waals surface area contributed by atoms with E-state index in [2.05, 4.69) is 27.7 Å². The summed E-state index contributed by atoms with van der Waals surface area (Å²) in [7, 11) is 3.92. The molecule has 0 aliphatic carbocycles. The average Bonchev–Trinajstić information content (AvgIpc) is 2.45. The highest BCUT2D eigenvalue weighted by Crippen LogP contribution is 2.15. The van der Waals surface area contributed by atoms with Gasteiger partial charge in [0.2, 0.25) is 5.91 Å². The van der Waals surface area contributed by atoms with Crippen LogP contribution in [0.4, 0.5) is 0 Å². The molecule has 0 atom stereocenters. The lowest BCUT2D eigenvalue weighted by molar-refractivity contribution is -0.121. The minimum absolute atomic E-state index is 0.102. The molecule has 1 amide bonds. The van der Waals surface area contributed by atoms with Crippen LogP contribution in [0.15, 0.2) is 35.2 Å². The van der Waals surface area contributed by atoms with Gasteiger partial charge < -0.3 is 10.6 Å². The standard InChI is InChI=1S/C15H25N3OS/c1-16-9-6-11-18(2)13-15(19)17-10-12-20-14-7-4-3-5-8-14/h3-5,7-8,16H,6,9-13H2,1-2H3,(H,17,19). The zero-order chi connectivity index (χ0) is 14.6. The number of thioether (sulfide) groups is 1. The van der Waals surface area contributed by atoms with Crippen molar-refractivity contribution < 1.29 is 4.79 Å². The molecular weight excluding hydrogens is 270 g/mol. The molecule has 4 nitrogen and oxygen atoms in total. The fourth-order valence-corrected chi connectivity index (χ4v) is 2.57. The molecule has 5 heteroatoms. The summed E-state index contributed by atoms with van der Waals surface area (Å²) < 4.78 is 0. The van der Waals surface area contributed by atoms with Gasteiger partial charge >= 0.3 is 0 Å². The lowest BCUT2D eigenvalue weighted by Gasteiger charge is -2.15. The molecule has 0 bridgehead atoms. The first-order valence-corrected chi connectivity index (χ1v) is 7.98. The van der Waals surface area contributed by atoms with E-state index in [1.807, 2.05) is 32.3 Å². The average molecular weight is 295 g/mol. The number of rotatable bonds is 10. The van der Waals surface area contributed by atoms with E-state index in [0.29, 0.717) is 13.1 Å². The molecule has 0 unspecified atom stereocenters. The lowest BCUT2D eigenvalue weighted by Crippen LogP contribution is -2.37. The van der Waals surface area contributed by atoms with E-state index in [1.165, 1.54) is 4.90 Å². The Morgan fingerprint density at radius 1 is 1.25 bits per heavy atom. The van der Waals surface area contributed by atoms with Gasteiger partial charge in [0.15, 0.2) is 0 Å². The quantitative estimate of drug-likeness (QED) is 0.506. The van der Waals surface area contributed by atoms with Crippen molar-refractivity contribution >= 4 is 17.7 Å². The molecule has 0 saturated heterocycles. The van der Waals surface area contributed by atoms with Crippen LogP contribution in [0, 0.1) is 0 Å². The molecule has 0 heterocycles. The van der Waals surface area contributed by atoms with E-state index in [0.717, 1.165) is 25.3 Å². The van der Waals surface area contributed by atoms with Crippen LogP contribution in [-0.2, 0) is 4.79 Å². The van der Waals surface area contributed by atoms with Crippen molar-refractivity contribution in [2.24, 2.45) is 0 Å². The number of carbonyl (C=O) groups is 1. The first kappa shape index (κ1) is 17.0. The van der Waals surface area contributed by atoms with Crippen LogP contribution in [0.2, 0.25) is 0 Å². The molecule has 20 heavy (non-hydrogen) atoms. The Kier molecular flexibility index (Phi) is 9.11. The van der Waals surface area contributed by atoms with Crippen LogP contribution >= 0.6 is 11.8 Å². The summed E-state index contributed by atoms with van der Waals surface area (Å²) in [6.07, 6.45) is 1.06. The molecule has 0 aromatic heterocycles. The highest BCUT2D eigenvalue weighted by atomic mass is 32.2. The van der Waals surface area contributed by atoms with Crippen molar-refractivity contribution in [1.29, 1.82) is 0 Å². The van der Waals surface area contributed by atoms with Gasteiger partial charge in [-0.05, 0) is 45.7 Å². The normalized spacial score (nSPS) is 10.8. The predicted molar refractivity (Wildman–Crippen MR) is 86.2 cm³/mol. The van der Waals surface area contributed by atoms with Gasteiger partial charge in [-0.1, -0.05) is 18.2 Å². The molecule has 0 saturated carbocycles. The number of nitrogens with one attached hydrogen (secondary N) is 2. The van der Waals surface area contributed by atoms with Crippen LogP contribution in [0.25, 0.3) is 0 Å². The van der Waals surface area contributed by atoms with Crippen molar-refractivity contribution in [2.75, 3.05) is 46.0 Å². The van der Waals surface area contributed by atoms with Gasteiger partial charge in [0.25, 0.3) is 0 Å². The summed E-state index contributed by atoms with van der Waals surface area (Å²) in [5.74, 6) is 1.00. The number of hydrogen-bond acceptors (Lipinski definition) is 4. The second kappa shape index (κ2) is 10.7. The smallest absolute Gasteiger partial charge is 0.234 e. The molecule has 1 aromatic rings. The molecule has 112 valence electrons. The summed E-state index contributed by atoms with van der Waals surface area (Å²) in [4.78, 5) is 15.0. The summed E-state index contributed by atoms with van der Waals surface area (Å²) in [6, 6.07) is 10.2. The van der Waals surface area contributed by atoms with Gasteiger partial charge in [-0.3, -0.25) is 9.69 Å². The van der Waals surface area contributed by atoms with Gasteiger partial charge in [-0.2, -0.15) is 0 Å². The third-order valence-corrected chi connectivity index (χ3v) is 3.83. The van der Waals surface area contributed by atoms with Crippen LogP contribution in [0.5, 0.6) is 0 Å². The van der Waals surface area contributed by atoms with Crippen molar-refractivity contribution in [3.8, 4) is 0 Å². The molecule has 1 rings (SSSR count). The third kappa shape index (κ3) is 8.19. The second-order valence-electron chi connectivity index (χ2n) is 4.71. The van der Waals surface area contributed by atoms with Gasteiger partial charge in [0, 0.05) is 17.2 Å². The van der Waals surface area contributed by atoms with Gasteiger partial charge in [-0.25, -0.2) is 0 Å². The highest BCUT2D eigenvalue weighted by molar-refractivity contribution is 7.99. The molecule has 0 radical (unpaired) electrons. The van der Waals surface area contributed by atoms with Gasteiger partial charge in [-0.15, -0.1) is 11.8 Å². The highest BCUT2D eigenvalue weighted by Gasteiger charge is 2.05. The van der Waals surface area contributed by atoms with E-state index >= 15 is 0 Å². The maximum atomic E-state index is 11.7. The molecule has 2 N–H and O–H groups in total. The first-order chi connectivity index (χ1) is 9.72. The number of amides is 1. The Labute approximate surface area is 126 Å². The fourth-order valence-electron chi connectivity index (χ4n) is 1.78. The Bertz CT molecular complexity index is 373. The largest absolute Gasteiger partial charge is 0.354 e. The topological polar surface area (TPSA) is 44.4 Å². The van der Waals surface area contributed by atoms with Crippen molar-refractivity contribution in [3.63, 3.8) is 0 Å². The molecule has 0 aliphatic rings. The molecular formula is C15H25N3OS. The van der Waals surface area contributed by atoms with Crippen LogP contribution in [-0.4, -0.2) is 56.8 Å². The summed E-state index contributed by atoms with van der Waals surface area (Å²) in [5.41, 5.74) is 0. The summed E-state index contributed by atoms with van der Waals surface area (Å²) in [6.45, 7) is 3.11. The maximum absolute atomic E-state index is 11.7. The number of nitrogens with zero attached hydrogens (tertiary/aromatic N) is 1. The molecule has 1 aromatic carbocycles. The number of benzene rings is 1. The Balaban J connectivity index is 2.05. The van der Waals surface area contributed by atoms with Crippen molar-refractivity contribution in [1.82, 2.24) is 15.5 Å². The Morgan fingerprint density at radius 2 is 2.00 bits per heavy atom. The van der Waals surface area contributed by atoms with Crippen LogP contribution < -0.4 is 10.6 Å². The van der Waals surface area contributed by atoms with Crippen LogP contribution in [0.3, 0.4) is 0 Å². The molecule has 0 spiro atoms. The summed E-state index contributed by atoms with van der Waals surface area (Å²) in [5, 5.41) is 6.06. The SMILES string of the molecule is CNCCCN(C)CC(=O)NCCSc1ccccc1. The van der Waals surface area contributed by atoms with Crippen molar-refractivity contribution in [2.45, 2.75) is 11.3 Å². The minimum Gasteiger partial charge on any atom is -0.354 e. The van der Waals surface area contributed by atoms with E-state index < -0.39 is 0 Å². The number of carbonyl (C=O) groups excluding carboxylic acids is 1. The monoisotopic (exact) mass is 295 g/mol. The predicted octanol–water partition coefficient (Wildman–Crippen LogP) is 1.44. The lowest BCUT2D eigenvalue weighted by atomic mass is 10.4. The zero-order valence-corrected chi connectivity index (χ0v) is 13.2. The zero-order valence-electron chi connectivity index (χ0n) is 12.4. The van der Waals surface area contributed by atoms with E-state index in [1.54, 1.807) is 11.8 Å². The minimum atomic E-state index is 0.102. The maximum Gasteiger partial charge on any atom is 0.234 e. The van der Waals surface area contributed by atoms with Gasteiger partial charge in [0.05, 0.1) is 6.54 Å². The third-order valence-electron chi connectivity index (χ3n) is 2.82.